The number of anilines is 1. The Labute approximate surface area is 162 Å². The molecular formula is C21H29ClN2O2. The first-order valence-electron chi connectivity index (χ1n) is 8.65. The number of amides is 1. The number of carbonyl (C=O) groups is 1. The van der Waals surface area contributed by atoms with Gasteiger partial charge in [-0.3, -0.25) is 4.79 Å². The molecule has 0 aliphatic rings. The summed E-state index contributed by atoms with van der Waals surface area (Å²) >= 11 is 0. The van der Waals surface area contributed by atoms with E-state index in [0.717, 1.165) is 17.7 Å². The Balaban J connectivity index is 0.00000338. The second-order valence-corrected chi connectivity index (χ2v) is 7.32. The van der Waals surface area contributed by atoms with E-state index in [1.165, 1.54) is 5.56 Å². The Hall–Kier alpha value is -2.20. The lowest BCUT2D eigenvalue weighted by Crippen LogP contribution is -2.37. The topological polar surface area (TPSA) is 64.3 Å². The molecule has 4 nitrogen and oxygen atoms in total. The van der Waals surface area contributed by atoms with Crippen molar-refractivity contribution in [3.05, 3.63) is 59.7 Å². The SMILES string of the molecule is CC(Oc1cccc(C(C)(C)C)c1)C(=O)NCCc1ccc(N)cc1.Cl. The summed E-state index contributed by atoms with van der Waals surface area (Å²) in [5, 5.41) is 2.92. The van der Waals surface area contributed by atoms with Crippen molar-refractivity contribution in [2.24, 2.45) is 0 Å². The highest BCUT2D eigenvalue weighted by Gasteiger charge is 2.17. The molecule has 1 atom stereocenters. The predicted molar refractivity (Wildman–Crippen MR) is 110 cm³/mol. The molecule has 5 heteroatoms. The maximum atomic E-state index is 12.2. The van der Waals surface area contributed by atoms with Crippen LogP contribution < -0.4 is 15.8 Å². The lowest BCUT2D eigenvalue weighted by atomic mass is 9.87. The smallest absolute Gasteiger partial charge is 0.260 e. The zero-order valence-corrected chi connectivity index (χ0v) is 16.7. The number of carbonyl (C=O) groups excluding carboxylic acids is 1. The minimum Gasteiger partial charge on any atom is -0.481 e. The molecular weight excluding hydrogens is 348 g/mol. The summed E-state index contributed by atoms with van der Waals surface area (Å²) in [4.78, 5) is 12.2. The van der Waals surface area contributed by atoms with Gasteiger partial charge in [-0.2, -0.15) is 0 Å². The fraction of sp³-hybridized carbons (Fsp3) is 0.381. The first-order valence-corrected chi connectivity index (χ1v) is 8.65. The van der Waals surface area contributed by atoms with Crippen LogP contribution in [-0.2, 0) is 16.6 Å². The Morgan fingerprint density at radius 1 is 1.15 bits per heavy atom. The van der Waals surface area contributed by atoms with Crippen LogP contribution in [0.4, 0.5) is 5.69 Å². The number of nitrogens with two attached hydrogens (primary N) is 1. The molecule has 0 saturated heterocycles. The minimum atomic E-state index is -0.540. The van der Waals surface area contributed by atoms with Gasteiger partial charge in [0.1, 0.15) is 5.75 Å². The summed E-state index contributed by atoms with van der Waals surface area (Å²) in [5.74, 6) is 0.602. The van der Waals surface area contributed by atoms with E-state index in [9.17, 15) is 4.79 Å². The summed E-state index contributed by atoms with van der Waals surface area (Å²) in [6.07, 6.45) is 0.222. The Kier molecular flexibility index (Phi) is 7.97. The zero-order chi connectivity index (χ0) is 18.4. The summed E-state index contributed by atoms with van der Waals surface area (Å²) < 4.78 is 5.80. The zero-order valence-electron chi connectivity index (χ0n) is 15.9. The minimum absolute atomic E-state index is 0. The first-order chi connectivity index (χ1) is 11.8. The van der Waals surface area contributed by atoms with E-state index in [2.05, 4.69) is 32.2 Å². The van der Waals surface area contributed by atoms with E-state index in [-0.39, 0.29) is 23.7 Å². The molecule has 0 aliphatic carbocycles. The standard InChI is InChI=1S/C21H28N2O2.ClH/c1-15(25-19-7-5-6-17(14-19)21(2,3)4)20(24)23-13-12-16-8-10-18(22)11-9-16;/h5-11,14-15H,12-13,22H2,1-4H3,(H,23,24);1H. The molecule has 2 rings (SSSR count). The van der Waals surface area contributed by atoms with Gasteiger partial charge in [-0.25, -0.2) is 0 Å². The molecule has 2 aromatic rings. The van der Waals surface area contributed by atoms with Crippen LogP contribution in [0.15, 0.2) is 48.5 Å². The number of rotatable bonds is 6. The average molecular weight is 377 g/mol. The Morgan fingerprint density at radius 3 is 2.42 bits per heavy atom. The van der Waals surface area contributed by atoms with Crippen LogP contribution in [0.5, 0.6) is 5.75 Å². The molecule has 0 aromatic heterocycles. The number of hydrogen-bond acceptors (Lipinski definition) is 3. The fourth-order valence-corrected chi connectivity index (χ4v) is 2.45. The molecule has 0 saturated carbocycles. The van der Waals surface area contributed by atoms with Gasteiger partial charge in [0.15, 0.2) is 6.10 Å². The van der Waals surface area contributed by atoms with Crippen molar-refractivity contribution in [1.82, 2.24) is 5.32 Å². The molecule has 0 spiro atoms. The van der Waals surface area contributed by atoms with Crippen molar-refractivity contribution in [2.75, 3.05) is 12.3 Å². The average Bonchev–Trinajstić information content (AvgIpc) is 2.56. The van der Waals surface area contributed by atoms with Crippen LogP contribution in [-0.4, -0.2) is 18.6 Å². The highest BCUT2D eigenvalue weighted by atomic mass is 35.5. The summed E-state index contributed by atoms with van der Waals surface area (Å²) in [6.45, 7) is 8.79. The van der Waals surface area contributed by atoms with Crippen molar-refractivity contribution < 1.29 is 9.53 Å². The molecule has 26 heavy (non-hydrogen) atoms. The monoisotopic (exact) mass is 376 g/mol. The largest absolute Gasteiger partial charge is 0.481 e. The molecule has 142 valence electrons. The van der Waals surface area contributed by atoms with Crippen LogP contribution in [0.3, 0.4) is 0 Å². The van der Waals surface area contributed by atoms with Gasteiger partial charge in [0.05, 0.1) is 0 Å². The Bertz CT molecular complexity index is 709. The molecule has 0 bridgehead atoms. The maximum Gasteiger partial charge on any atom is 0.260 e. The van der Waals surface area contributed by atoms with Crippen LogP contribution >= 0.6 is 12.4 Å². The van der Waals surface area contributed by atoms with Gasteiger partial charge < -0.3 is 15.8 Å². The van der Waals surface area contributed by atoms with Gasteiger partial charge in [0.25, 0.3) is 5.91 Å². The van der Waals surface area contributed by atoms with Crippen LogP contribution in [0, 0.1) is 0 Å². The molecule has 1 amide bonds. The number of benzene rings is 2. The molecule has 0 heterocycles. The summed E-state index contributed by atoms with van der Waals surface area (Å²) in [6, 6.07) is 15.6. The first kappa shape index (κ1) is 21.8. The summed E-state index contributed by atoms with van der Waals surface area (Å²) in [5.41, 5.74) is 8.78. The van der Waals surface area contributed by atoms with Gasteiger partial charge in [0, 0.05) is 12.2 Å². The number of ether oxygens (including phenoxy) is 1. The highest BCUT2D eigenvalue weighted by Crippen LogP contribution is 2.26. The van der Waals surface area contributed by atoms with E-state index in [1.54, 1.807) is 6.92 Å². The maximum absolute atomic E-state index is 12.2. The van der Waals surface area contributed by atoms with Gasteiger partial charge in [0.2, 0.25) is 0 Å². The lowest BCUT2D eigenvalue weighted by molar-refractivity contribution is -0.127. The van der Waals surface area contributed by atoms with Crippen LogP contribution in [0.25, 0.3) is 0 Å². The van der Waals surface area contributed by atoms with E-state index >= 15 is 0 Å². The predicted octanol–water partition coefficient (Wildman–Crippen LogP) is 4.11. The third-order valence-electron chi connectivity index (χ3n) is 4.07. The normalized spacial score (nSPS) is 12.0. The molecule has 0 radical (unpaired) electrons. The van der Waals surface area contributed by atoms with Crippen LogP contribution in [0.1, 0.15) is 38.8 Å². The number of nitrogen functional groups attached to an aromatic ring is 1. The molecule has 1 unspecified atom stereocenters. The van der Waals surface area contributed by atoms with E-state index in [0.29, 0.717) is 12.3 Å². The van der Waals surface area contributed by atoms with Gasteiger partial charge in [-0.1, -0.05) is 45.0 Å². The second kappa shape index (κ2) is 9.48. The second-order valence-electron chi connectivity index (χ2n) is 7.32. The van der Waals surface area contributed by atoms with Crippen molar-refractivity contribution in [3.63, 3.8) is 0 Å². The van der Waals surface area contributed by atoms with Crippen molar-refractivity contribution in [1.29, 1.82) is 0 Å². The van der Waals surface area contributed by atoms with Gasteiger partial charge in [-0.15, -0.1) is 12.4 Å². The van der Waals surface area contributed by atoms with Crippen molar-refractivity contribution in [2.45, 2.75) is 45.6 Å². The quantitative estimate of drug-likeness (QED) is 0.745. The van der Waals surface area contributed by atoms with Crippen LogP contribution in [0.2, 0.25) is 0 Å². The lowest BCUT2D eigenvalue weighted by Gasteiger charge is -2.21. The van der Waals surface area contributed by atoms with Crippen molar-refractivity contribution in [3.8, 4) is 5.75 Å². The van der Waals surface area contributed by atoms with E-state index in [4.69, 9.17) is 10.5 Å². The molecule has 2 aromatic carbocycles. The highest BCUT2D eigenvalue weighted by molar-refractivity contribution is 5.85. The van der Waals surface area contributed by atoms with Gasteiger partial charge >= 0.3 is 0 Å². The molecule has 3 N–H and O–H groups in total. The van der Waals surface area contributed by atoms with Gasteiger partial charge in [-0.05, 0) is 54.2 Å². The molecule has 0 fully saturated rings. The Morgan fingerprint density at radius 2 is 1.81 bits per heavy atom. The third kappa shape index (κ3) is 6.60. The van der Waals surface area contributed by atoms with Crippen molar-refractivity contribution >= 4 is 24.0 Å². The number of hydrogen-bond donors (Lipinski definition) is 2. The van der Waals surface area contributed by atoms with E-state index < -0.39 is 6.10 Å². The van der Waals surface area contributed by atoms with E-state index in [1.807, 2.05) is 42.5 Å². The molecule has 0 aliphatic heterocycles. The fourth-order valence-electron chi connectivity index (χ4n) is 2.45. The number of halogens is 1. The summed E-state index contributed by atoms with van der Waals surface area (Å²) in [7, 11) is 0. The third-order valence-corrected chi connectivity index (χ3v) is 4.07. The number of nitrogens with one attached hydrogen (secondary N) is 1.